The summed E-state index contributed by atoms with van der Waals surface area (Å²) in [6, 6.07) is 10.9. The minimum atomic E-state index is -0.862. The molecular formula is C16H17ClO3. The van der Waals surface area contributed by atoms with E-state index in [0.29, 0.717) is 27.6 Å². The van der Waals surface area contributed by atoms with Crippen LogP contribution in [0, 0.1) is 6.92 Å². The molecule has 2 rings (SSSR count). The first kappa shape index (κ1) is 14.7. The van der Waals surface area contributed by atoms with E-state index in [9.17, 15) is 5.11 Å². The van der Waals surface area contributed by atoms with E-state index in [1.165, 1.54) is 0 Å². The number of benzene rings is 2. The Hall–Kier alpha value is -1.71. The van der Waals surface area contributed by atoms with Crippen LogP contribution in [0.4, 0.5) is 0 Å². The van der Waals surface area contributed by atoms with Crippen molar-refractivity contribution in [2.75, 3.05) is 14.2 Å². The van der Waals surface area contributed by atoms with Gasteiger partial charge in [-0.3, -0.25) is 0 Å². The fraction of sp³-hybridized carbons (Fsp3) is 0.250. The molecule has 0 amide bonds. The fourth-order valence-corrected chi connectivity index (χ4v) is 2.28. The van der Waals surface area contributed by atoms with Gasteiger partial charge in [-0.05, 0) is 36.2 Å². The van der Waals surface area contributed by atoms with Crippen LogP contribution in [0.3, 0.4) is 0 Å². The molecule has 0 aliphatic rings. The smallest absolute Gasteiger partial charge is 0.128 e. The molecule has 0 bridgehead atoms. The average Bonchev–Trinajstić information content (AvgIpc) is 2.48. The monoisotopic (exact) mass is 292 g/mol. The maximum absolute atomic E-state index is 10.6. The molecule has 0 fully saturated rings. The molecule has 0 aromatic heterocycles. The molecule has 2 aromatic rings. The third kappa shape index (κ3) is 2.74. The number of hydrogen-bond acceptors (Lipinski definition) is 3. The van der Waals surface area contributed by atoms with Crippen LogP contribution in [-0.2, 0) is 0 Å². The zero-order valence-electron chi connectivity index (χ0n) is 11.7. The Labute approximate surface area is 123 Å². The summed E-state index contributed by atoms with van der Waals surface area (Å²) in [4.78, 5) is 0. The second-order valence-electron chi connectivity index (χ2n) is 4.49. The van der Waals surface area contributed by atoms with Gasteiger partial charge in [0, 0.05) is 5.02 Å². The van der Waals surface area contributed by atoms with Crippen molar-refractivity contribution in [3.8, 4) is 11.5 Å². The van der Waals surface area contributed by atoms with Crippen LogP contribution in [0.1, 0.15) is 22.8 Å². The molecule has 1 N–H and O–H groups in total. The molecule has 0 aliphatic heterocycles. The van der Waals surface area contributed by atoms with Gasteiger partial charge in [-0.25, -0.2) is 0 Å². The number of aliphatic hydroxyl groups excluding tert-OH is 1. The highest BCUT2D eigenvalue weighted by molar-refractivity contribution is 6.31. The summed E-state index contributed by atoms with van der Waals surface area (Å²) in [5, 5.41) is 11.2. The van der Waals surface area contributed by atoms with E-state index in [1.807, 2.05) is 25.1 Å². The number of aryl methyl sites for hydroxylation is 1. The topological polar surface area (TPSA) is 38.7 Å². The van der Waals surface area contributed by atoms with E-state index >= 15 is 0 Å². The van der Waals surface area contributed by atoms with Gasteiger partial charge in [-0.15, -0.1) is 0 Å². The summed E-state index contributed by atoms with van der Waals surface area (Å²) in [5.74, 6) is 1.15. The molecule has 0 aliphatic carbocycles. The van der Waals surface area contributed by atoms with Gasteiger partial charge in [0.2, 0.25) is 0 Å². The van der Waals surface area contributed by atoms with Crippen LogP contribution in [0.15, 0.2) is 36.4 Å². The fourth-order valence-electron chi connectivity index (χ4n) is 2.10. The molecule has 0 saturated heterocycles. The first-order chi connectivity index (χ1) is 9.58. The highest BCUT2D eigenvalue weighted by Crippen LogP contribution is 2.37. The van der Waals surface area contributed by atoms with Crippen LogP contribution in [0.25, 0.3) is 0 Å². The Bertz CT molecular complexity index is 588. The summed E-state index contributed by atoms with van der Waals surface area (Å²) >= 11 is 6.12. The SMILES string of the molecule is COc1cccc(OC)c1C(O)c1ccc(C)c(Cl)c1. The highest BCUT2D eigenvalue weighted by Gasteiger charge is 2.20. The predicted octanol–water partition coefficient (Wildman–Crippen LogP) is 3.75. The van der Waals surface area contributed by atoms with Gasteiger partial charge in [0.05, 0.1) is 19.8 Å². The lowest BCUT2D eigenvalue weighted by atomic mass is 9.98. The summed E-state index contributed by atoms with van der Waals surface area (Å²) in [6.07, 6.45) is -0.862. The largest absolute Gasteiger partial charge is 0.496 e. The summed E-state index contributed by atoms with van der Waals surface area (Å²) in [7, 11) is 3.13. The van der Waals surface area contributed by atoms with Gasteiger partial charge in [-0.2, -0.15) is 0 Å². The molecule has 0 saturated carbocycles. The number of hydrogen-bond donors (Lipinski definition) is 1. The summed E-state index contributed by atoms with van der Waals surface area (Å²) in [6.45, 7) is 1.92. The van der Waals surface area contributed by atoms with E-state index in [-0.39, 0.29) is 0 Å². The van der Waals surface area contributed by atoms with Crippen LogP contribution in [-0.4, -0.2) is 19.3 Å². The van der Waals surface area contributed by atoms with Crippen molar-refractivity contribution < 1.29 is 14.6 Å². The molecule has 20 heavy (non-hydrogen) atoms. The van der Waals surface area contributed by atoms with E-state index < -0.39 is 6.10 Å². The predicted molar refractivity (Wildman–Crippen MR) is 79.8 cm³/mol. The van der Waals surface area contributed by atoms with E-state index in [1.54, 1.807) is 32.4 Å². The normalized spacial score (nSPS) is 12.1. The second-order valence-corrected chi connectivity index (χ2v) is 4.89. The Morgan fingerprint density at radius 1 is 1.05 bits per heavy atom. The molecule has 4 heteroatoms. The summed E-state index contributed by atoms with van der Waals surface area (Å²) < 4.78 is 10.6. The van der Waals surface area contributed by atoms with Crippen LogP contribution < -0.4 is 9.47 Å². The maximum Gasteiger partial charge on any atom is 0.128 e. The minimum absolute atomic E-state index is 0.577. The Morgan fingerprint density at radius 2 is 1.65 bits per heavy atom. The van der Waals surface area contributed by atoms with Gasteiger partial charge in [0.25, 0.3) is 0 Å². The van der Waals surface area contributed by atoms with Crippen molar-refractivity contribution >= 4 is 11.6 Å². The van der Waals surface area contributed by atoms with Gasteiger partial charge in [-0.1, -0.05) is 29.8 Å². The van der Waals surface area contributed by atoms with E-state index in [4.69, 9.17) is 21.1 Å². The van der Waals surface area contributed by atoms with Crippen molar-refractivity contribution in [1.29, 1.82) is 0 Å². The second kappa shape index (κ2) is 6.16. The molecule has 1 unspecified atom stereocenters. The quantitative estimate of drug-likeness (QED) is 0.933. The minimum Gasteiger partial charge on any atom is -0.496 e. The summed E-state index contributed by atoms with van der Waals surface area (Å²) in [5.41, 5.74) is 2.26. The third-order valence-corrected chi connectivity index (χ3v) is 3.66. The highest BCUT2D eigenvalue weighted by atomic mass is 35.5. The maximum atomic E-state index is 10.6. The zero-order chi connectivity index (χ0) is 14.7. The molecule has 106 valence electrons. The molecule has 1 atom stereocenters. The van der Waals surface area contributed by atoms with Crippen molar-refractivity contribution in [1.82, 2.24) is 0 Å². The van der Waals surface area contributed by atoms with Gasteiger partial charge in [0.15, 0.2) is 0 Å². The van der Waals surface area contributed by atoms with Crippen LogP contribution >= 0.6 is 11.6 Å². The van der Waals surface area contributed by atoms with Crippen molar-refractivity contribution in [2.24, 2.45) is 0 Å². The van der Waals surface area contributed by atoms with Crippen LogP contribution in [0.2, 0.25) is 5.02 Å². The number of rotatable bonds is 4. The Kier molecular flexibility index (Phi) is 4.53. The molecule has 0 heterocycles. The van der Waals surface area contributed by atoms with Gasteiger partial charge >= 0.3 is 0 Å². The first-order valence-electron chi connectivity index (χ1n) is 6.23. The van der Waals surface area contributed by atoms with Crippen molar-refractivity contribution in [2.45, 2.75) is 13.0 Å². The first-order valence-corrected chi connectivity index (χ1v) is 6.61. The number of halogens is 1. The average molecular weight is 293 g/mol. The molecule has 2 aromatic carbocycles. The lowest BCUT2D eigenvalue weighted by molar-refractivity contribution is 0.209. The van der Waals surface area contributed by atoms with Gasteiger partial charge < -0.3 is 14.6 Å². The van der Waals surface area contributed by atoms with Crippen molar-refractivity contribution in [3.05, 3.63) is 58.1 Å². The lowest BCUT2D eigenvalue weighted by Gasteiger charge is -2.18. The number of ether oxygens (including phenoxy) is 2. The number of methoxy groups -OCH3 is 2. The lowest BCUT2D eigenvalue weighted by Crippen LogP contribution is -2.05. The van der Waals surface area contributed by atoms with Crippen LogP contribution in [0.5, 0.6) is 11.5 Å². The van der Waals surface area contributed by atoms with E-state index in [2.05, 4.69) is 0 Å². The molecule has 3 nitrogen and oxygen atoms in total. The zero-order valence-corrected chi connectivity index (χ0v) is 12.4. The Morgan fingerprint density at radius 3 is 2.15 bits per heavy atom. The molecular weight excluding hydrogens is 276 g/mol. The molecule has 0 radical (unpaired) electrons. The third-order valence-electron chi connectivity index (χ3n) is 3.25. The number of aliphatic hydroxyl groups is 1. The Balaban J connectivity index is 2.51. The van der Waals surface area contributed by atoms with E-state index in [0.717, 1.165) is 5.56 Å². The molecule has 0 spiro atoms. The standard InChI is InChI=1S/C16H17ClO3/c1-10-7-8-11(9-12(10)17)16(18)15-13(19-2)5-4-6-14(15)20-3/h4-9,16,18H,1-3H3. The van der Waals surface area contributed by atoms with Crippen molar-refractivity contribution in [3.63, 3.8) is 0 Å². The van der Waals surface area contributed by atoms with Gasteiger partial charge in [0.1, 0.15) is 17.6 Å².